The maximum atomic E-state index is 13.0. The van der Waals surface area contributed by atoms with Crippen molar-refractivity contribution in [3.8, 4) is 0 Å². The Bertz CT molecular complexity index is 1210. The first-order valence-corrected chi connectivity index (χ1v) is 9.46. The first-order chi connectivity index (χ1) is 12.0. The Labute approximate surface area is 147 Å². The molecule has 0 radical (unpaired) electrons. The molecule has 0 aromatic carbocycles. The van der Waals surface area contributed by atoms with Crippen molar-refractivity contribution < 1.29 is 8.78 Å². The third kappa shape index (κ3) is 2.33. The monoisotopic (exact) mass is 378 g/mol. The zero-order valence-electron chi connectivity index (χ0n) is 13.0. The number of aromatic nitrogens is 3. The van der Waals surface area contributed by atoms with Gasteiger partial charge in [0.25, 0.3) is 12.0 Å². The lowest BCUT2D eigenvalue weighted by molar-refractivity contribution is 0.146. The van der Waals surface area contributed by atoms with Crippen molar-refractivity contribution in [3.05, 3.63) is 27.7 Å². The van der Waals surface area contributed by atoms with Crippen LogP contribution >= 0.6 is 22.7 Å². The third-order valence-electron chi connectivity index (χ3n) is 4.29. The number of hydrogen-bond acceptors (Lipinski definition) is 6. The second-order valence-electron chi connectivity index (χ2n) is 6.22. The van der Waals surface area contributed by atoms with Crippen molar-refractivity contribution in [2.45, 2.75) is 32.2 Å². The fraction of sp³-hybridized carbons (Fsp3) is 0.312. The fourth-order valence-electron chi connectivity index (χ4n) is 2.97. The van der Waals surface area contributed by atoms with Crippen molar-refractivity contribution >= 4 is 58.5 Å². The SMILES string of the molecule is Cc1cc(C(F)F)nc2sc3c4nc(NC5CC5)sc4c(=O)[nH]c3c12. The van der Waals surface area contributed by atoms with E-state index in [2.05, 4.69) is 20.3 Å². The predicted molar refractivity (Wildman–Crippen MR) is 97.3 cm³/mol. The largest absolute Gasteiger partial charge is 0.359 e. The molecule has 1 aliphatic rings. The molecular weight excluding hydrogens is 366 g/mol. The van der Waals surface area contributed by atoms with Gasteiger partial charge in [-0.1, -0.05) is 11.3 Å². The lowest BCUT2D eigenvalue weighted by Crippen LogP contribution is -2.03. The van der Waals surface area contributed by atoms with E-state index < -0.39 is 6.43 Å². The van der Waals surface area contributed by atoms with Gasteiger partial charge < -0.3 is 10.3 Å². The van der Waals surface area contributed by atoms with Crippen molar-refractivity contribution in [2.24, 2.45) is 0 Å². The number of aromatic amines is 1. The maximum Gasteiger partial charge on any atom is 0.280 e. The Hall–Kier alpha value is -2.13. The summed E-state index contributed by atoms with van der Waals surface area (Å²) in [5.74, 6) is 0. The Balaban J connectivity index is 1.84. The Kier molecular flexibility index (Phi) is 3.14. The van der Waals surface area contributed by atoms with Crippen molar-refractivity contribution in [3.63, 3.8) is 0 Å². The summed E-state index contributed by atoms with van der Waals surface area (Å²) in [5, 5.41) is 4.75. The zero-order valence-corrected chi connectivity index (χ0v) is 14.7. The van der Waals surface area contributed by atoms with Crippen LogP contribution in [0.5, 0.6) is 0 Å². The highest BCUT2D eigenvalue weighted by Crippen LogP contribution is 2.39. The highest BCUT2D eigenvalue weighted by Gasteiger charge is 2.24. The highest BCUT2D eigenvalue weighted by molar-refractivity contribution is 7.27. The summed E-state index contributed by atoms with van der Waals surface area (Å²) in [6, 6.07) is 1.82. The van der Waals surface area contributed by atoms with Gasteiger partial charge in [0.2, 0.25) is 0 Å². The van der Waals surface area contributed by atoms with E-state index in [-0.39, 0.29) is 11.3 Å². The molecule has 1 aliphatic carbocycles. The minimum atomic E-state index is -2.62. The number of hydrogen-bond donors (Lipinski definition) is 2. The number of nitrogens with zero attached hydrogens (tertiary/aromatic N) is 2. The minimum absolute atomic E-state index is 0.208. The standard InChI is InChI=1S/C16H12F2N4OS2/c1-5-4-7(13(17)18)20-15-8(5)9-11(24-15)10-12(14(23)21-9)25-16(22-10)19-6-2-3-6/h4,6,13H,2-3H2,1H3,(H,19,22)(H,21,23). The molecule has 0 atom stereocenters. The summed E-state index contributed by atoms with van der Waals surface area (Å²) in [6.45, 7) is 1.76. The number of halogens is 2. The highest BCUT2D eigenvalue weighted by atomic mass is 32.1. The number of H-pyrrole nitrogens is 1. The summed E-state index contributed by atoms with van der Waals surface area (Å²) < 4.78 is 27.4. The van der Waals surface area contributed by atoms with E-state index in [4.69, 9.17) is 0 Å². The Morgan fingerprint density at radius 2 is 2.08 bits per heavy atom. The van der Waals surface area contributed by atoms with Crippen LogP contribution in [0.25, 0.3) is 30.6 Å². The van der Waals surface area contributed by atoms with Gasteiger partial charge in [-0.3, -0.25) is 4.79 Å². The van der Waals surface area contributed by atoms with E-state index in [1.807, 2.05) is 0 Å². The molecule has 0 aliphatic heterocycles. The number of thiophene rings is 1. The molecule has 4 heterocycles. The van der Waals surface area contributed by atoms with Crippen molar-refractivity contribution in [2.75, 3.05) is 5.32 Å². The molecular formula is C16H12F2N4OS2. The Morgan fingerprint density at radius 1 is 1.28 bits per heavy atom. The summed E-state index contributed by atoms with van der Waals surface area (Å²) in [7, 11) is 0. The number of alkyl halides is 2. The molecule has 9 heteroatoms. The van der Waals surface area contributed by atoms with E-state index in [0.29, 0.717) is 37.6 Å². The molecule has 5 rings (SSSR count). The number of thiazole rings is 1. The first kappa shape index (κ1) is 15.2. The van der Waals surface area contributed by atoms with Crippen LogP contribution in [-0.4, -0.2) is 21.0 Å². The average Bonchev–Trinajstić information content (AvgIpc) is 3.13. The number of fused-ring (bicyclic) bond motifs is 5. The maximum absolute atomic E-state index is 13.0. The van der Waals surface area contributed by atoms with Crippen LogP contribution in [0, 0.1) is 6.92 Å². The minimum Gasteiger partial charge on any atom is -0.359 e. The number of anilines is 1. The van der Waals surface area contributed by atoms with Gasteiger partial charge in [0, 0.05) is 11.4 Å². The van der Waals surface area contributed by atoms with Crippen LogP contribution in [-0.2, 0) is 0 Å². The first-order valence-electron chi connectivity index (χ1n) is 7.82. The molecule has 25 heavy (non-hydrogen) atoms. The molecule has 0 saturated heterocycles. The van der Waals surface area contributed by atoms with Gasteiger partial charge in [0.1, 0.15) is 20.7 Å². The summed E-state index contributed by atoms with van der Waals surface area (Å²) in [5.41, 5.74) is 1.47. The van der Waals surface area contributed by atoms with Crippen LogP contribution in [0.2, 0.25) is 0 Å². The van der Waals surface area contributed by atoms with Gasteiger partial charge in [0.05, 0.1) is 10.2 Å². The van der Waals surface area contributed by atoms with Crippen LogP contribution < -0.4 is 10.9 Å². The van der Waals surface area contributed by atoms with Crippen LogP contribution in [0.1, 0.15) is 30.5 Å². The van der Waals surface area contributed by atoms with Gasteiger partial charge in [-0.05, 0) is 31.4 Å². The number of aryl methyl sites for hydroxylation is 1. The normalized spacial score (nSPS) is 15.0. The summed E-state index contributed by atoms with van der Waals surface area (Å²) in [4.78, 5) is 24.5. The van der Waals surface area contributed by atoms with Crippen molar-refractivity contribution in [1.82, 2.24) is 15.0 Å². The number of rotatable bonds is 3. The molecule has 1 saturated carbocycles. The van der Waals surface area contributed by atoms with E-state index in [1.54, 1.807) is 6.92 Å². The molecule has 4 aromatic rings. The number of pyridine rings is 2. The van der Waals surface area contributed by atoms with Crippen molar-refractivity contribution in [1.29, 1.82) is 0 Å². The van der Waals surface area contributed by atoms with Crippen LogP contribution in [0.4, 0.5) is 13.9 Å². The summed E-state index contributed by atoms with van der Waals surface area (Å²) in [6.07, 6.45) is -0.394. The van der Waals surface area contributed by atoms with Gasteiger partial charge >= 0.3 is 0 Å². The molecule has 5 nitrogen and oxygen atoms in total. The zero-order chi connectivity index (χ0) is 17.3. The lowest BCUT2D eigenvalue weighted by Gasteiger charge is -2.02. The molecule has 0 unspecified atom stereocenters. The smallest absolute Gasteiger partial charge is 0.280 e. The quantitative estimate of drug-likeness (QED) is 0.548. The predicted octanol–water partition coefficient (Wildman–Crippen LogP) is 4.57. The molecule has 0 spiro atoms. The third-order valence-corrected chi connectivity index (χ3v) is 6.37. The Morgan fingerprint density at radius 3 is 2.80 bits per heavy atom. The second kappa shape index (κ2) is 5.18. The van der Waals surface area contributed by atoms with Gasteiger partial charge in [-0.2, -0.15) is 0 Å². The average molecular weight is 378 g/mol. The lowest BCUT2D eigenvalue weighted by atomic mass is 10.1. The van der Waals surface area contributed by atoms with E-state index >= 15 is 0 Å². The molecule has 2 N–H and O–H groups in total. The van der Waals surface area contributed by atoms with E-state index in [1.165, 1.54) is 28.7 Å². The van der Waals surface area contributed by atoms with Gasteiger partial charge in [-0.15, -0.1) is 11.3 Å². The molecule has 0 amide bonds. The molecule has 128 valence electrons. The van der Waals surface area contributed by atoms with E-state index in [0.717, 1.165) is 22.7 Å². The molecule has 4 aromatic heterocycles. The van der Waals surface area contributed by atoms with Crippen LogP contribution in [0.15, 0.2) is 10.9 Å². The number of nitrogens with one attached hydrogen (secondary N) is 2. The fourth-order valence-corrected chi connectivity index (χ4v) is 5.18. The van der Waals surface area contributed by atoms with E-state index in [9.17, 15) is 13.6 Å². The molecule has 1 fully saturated rings. The molecule has 0 bridgehead atoms. The topological polar surface area (TPSA) is 70.7 Å². The van der Waals surface area contributed by atoms with Gasteiger partial charge in [0.15, 0.2) is 5.13 Å². The second-order valence-corrected chi connectivity index (χ2v) is 8.22. The summed E-state index contributed by atoms with van der Waals surface area (Å²) >= 11 is 2.62. The van der Waals surface area contributed by atoms with Crippen LogP contribution in [0.3, 0.4) is 0 Å². The van der Waals surface area contributed by atoms with Gasteiger partial charge in [-0.25, -0.2) is 18.7 Å².